The zero-order valence-corrected chi connectivity index (χ0v) is 24.9. The van der Waals surface area contributed by atoms with E-state index in [0.717, 1.165) is 28.0 Å². The Bertz CT molecular complexity index is 1600. The van der Waals surface area contributed by atoms with Crippen LogP contribution in [0, 0.1) is 20.8 Å². The van der Waals surface area contributed by atoms with E-state index in [9.17, 15) is 14.4 Å². The fourth-order valence-corrected chi connectivity index (χ4v) is 5.57. The van der Waals surface area contributed by atoms with Crippen LogP contribution in [0.1, 0.15) is 65.9 Å². The lowest BCUT2D eigenvalue weighted by molar-refractivity contribution is 0.0408. The normalized spacial score (nSPS) is 15.0. The lowest BCUT2D eigenvalue weighted by Crippen LogP contribution is -2.55. The number of aryl methyl sites for hydroxylation is 3. The summed E-state index contributed by atoms with van der Waals surface area (Å²) in [5.74, 6) is 0.330. The van der Waals surface area contributed by atoms with Crippen molar-refractivity contribution < 1.29 is 19.1 Å². The van der Waals surface area contributed by atoms with Crippen LogP contribution in [-0.2, 0) is 6.54 Å². The van der Waals surface area contributed by atoms with E-state index in [1.54, 1.807) is 12.0 Å². The summed E-state index contributed by atoms with van der Waals surface area (Å²) in [6.45, 7) is 9.41. The molecule has 7 nitrogen and oxygen atoms in total. The lowest BCUT2D eigenvalue weighted by atomic mass is 9.98. The van der Waals surface area contributed by atoms with Crippen LogP contribution in [0.25, 0.3) is 0 Å². The molecule has 0 aliphatic carbocycles. The largest absolute Gasteiger partial charge is 0.497 e. The van der Waals surface area contributed by atoms with E-state index in [4.69, 9.17) is 4.74 Å². The Balaban J connectivity index is 1.46. The number of piperazine rings is 1. The molecule has 0 N–H and O–H groups in total. The van der Waals surface area contributed by atoms with Crippen LogP contribution in [0.3, 0.4) is 0 Å². The molecule has 3 aromatic carbocycles. The highest BCUT2D eigenvalue weighted by Crippen LogP contribution is 2.26. The van der Waals surface area contributed by atoms with Crippen LogP contribution in [0.5, 0.6) is 5.75 Å². The maximum absolute atomic E-state index is 14.3. The summed E-state index contributed by atoms with van der Waals surface area (Å²) >= 11 is 0. The van der Waals surface area contributed by atoms with E-state index >= 15 is 0 Å². The van der Waals surface area contributed by atoms with Gasteiger partial charge in [0.1, 0.15) is 11.4 Å². The van der Waals surface area contributed by atoms with E-state index in [1.807, 2.05) is 116 Å². The number of ether oxygens (including phenoxy) is 1. The van der Waals surface area contributed by atoms with E-state index in [1.165, 1.54) is 0 Å². The first-order chi connectivity index (χ1) is 20.2. The minimum Gasteiger partial charge on any atom is -0.497 e. The Hall–Kier alpha value is -4.65. The van der Waals surface area contributed by atoms with Crippen molar-refractivity contribution in [3.05, 3.63) is 124 Å². The molecule has 1 aliphatic heterocycles. The van der Waals surface area contributed by atoms with E-state index < -0.39 is 0 Å². The molecule has 2 amide bonds. The highest BCUT2D eigenvalue weighted by molar-refractivity contribution is 6.16. The van der Waals surface area contributed by atoms with Crippen molar-refractivity contribution in [1.82, 2.24) is 14.4 Å². The Morgan fingerprint density at radius 1 is 0.786 bits per heavy atom. The van der Waals surface area contributed by atoms with Crippen molar-refractivity contribution >= 4 is 17.6 Å². The number of benzene rings is 3. The number of nitrogens with zero attached hydrogens (tertiary/aromatic N) is 3. The van der Waals surface area contributed by atoms with Crippen LogP contribution in [0.4, 0.5) is 0 Å². The molecular weight excluding hydrogens is 526 g/mol. The highest BCUT2D eigenvalue weighted by atomic mass is 16.5. The standard InChI is InChI=1S/C35H37N3O4/c1-23-6-12-28(13-7-23)33(39)31-25(3)20-37(22-27-10-16-30(42-5)17-11-27)32(31)35(41)36-18-19-38(26(4)21-36)34(40)29-14-8-24(2)9-15-29/h6-17,20,26H,18-19,21-22H2,1-5H3. The van der Waals surface area contributed by atoms with Crippen molar-refractivity contribution in [2.24, 2.45) is 0 Å². The number of ketones is 1. The Kier molecular flexibility index (Phi) is 8.29. The van der Waals surface area contributed by atoms with Crippen LogP contribution < -0.4 is 4.74 Å². The number of carbonyl (C=O) groups excluding carboxylic acids is 3. The van der Waals surface area contributed by atoms with Gasteiger partial charge in [0.15, 0.2) is 5.78 Å². The Morgan fingerprint density at radius 2 is 1.38 bits per heavy atom. The SMILES string of the molecule is COc1ccc(Cn2cc(C)c(C(=O)c3ccc(C)cc3)c2C(=O)N2CCN(C(=O)c3ccc(C)cc3)C(C)C2)cc1. The number of rotatable bonds is 7. The molecule has 0 saturated carbocycles. The van der Waals surface area contributed by atoms with Gasteiger partial charge in [-0.2, -0.15) is 0 Å². The van der Waals surface area contributed by atoms with Crippen molar-refractivity contribution in [2.45, 2.75) is 40.3 Å². The summed E-state index contributed by atoms with van der Waals surface area (Å²) in [7, 11) is 1.62. The van der Waals surface area contributed by atoms with Gasteiger partial charge in [0.2, 0.25) is 0 Å². The van der Waals surface area contributed by atoms with Gasteiger partial charge in [0.05, 0.1) is 12.7 Å². The quantitative estimate of drug-likeness (QED) is 0.271. The van der Waals surface area contributed by atoms with E-state index in [2.05, 4.69) is 0 Å². The average Bonchev–Trinajstić information content (AvgIpc) is 3.32. The van der Waals surface area contributed by atoms with Gasteiger partial charge in [0.25, 0.3) is 11.8 Å². The summed E-state index contributed by atoms with van der Waals surface area (Å²) in [6.07, 6.45) is 1.89. The summed E-state index contributed by atoms with van der Waals surface area (Å²) < 4.78 is 7.19. The number of amides is 2. The molecule has 0 radical (unpaired) electrons. The van der Waals surface area contributed by atoms with E-state index in [0.29, 0.717) is 48.6 Å². The molecule has 1 fully saturated rings. The summed E-state index contributed by atoms with van der Waals surface area (Å²) in [5.41, 5.74) is 5.86. The fraction of sp³-hybridized carbons (Fsp3) is 0.286. The molecule has 1 saturated heterocycles. The highest BCUT2D eigenvalue weighted by Gasteiger charge is 2.34. The Morgan fingerprint density at radius 3 is 1.95 bits per heavy atom. The van der Waals surface area contributed by atoms with Gasteiger partial charge in [0, 0.05) is 49.5 Å². The van der Waals surface area contributed by atoms with Crippen molar-refractivity contribution in [3.63, 3.8) is 0 Å². The maximum atomic E-state index is 14.3. The van der Waals surface area contributed by atoms with Gasteiger partial charge in [-0.05, 0) is 63.1 Å². The van der Waals surface area contributed by atoms with Gasteiger partial charge >= 0.3 is 0 Å². The first-order valence-corrected chi connectivity index (χ1v) is 14.3. The molecule has 2 heterocycles. The number of methoxy groups -OCH3 is 1. The molecule has 42 heavy (non-hydrogen) atoms. The smallest absolute Gasteiger partial charge is 0.271 e. The van der Waals surface area contributed by atoms with Crippen molar-refractivity contribution in [3.8, 4) is 5.75 Å². The molecular formula is C35H37N3O4. The average molecular weight is 564 g/mol. The van der Waals surface area contributed by atoms with Gasteiger partial charge in [-0.25, -0.2) is 0 Å². The van der Waals surface area contributed by atoms with Crippen molar-refractivity contribution in [1.29, 1.82) is 0 Å². The minimum absolute atomic E-state index is 0.0384. The molecule has 216 valence electrons. The van der Waals surface area contributed by atoms with E-state index in [-0.39, 0.29) is 23.6 Å². The predicted octanol–water partition coefficient (Wildman–Crippen LogP) is 5.69. The van der Waals surface area contributed by atoms with Crippen LogP contribution >= 0.6 is 0 Å². The second kappa shape index (κ2) is 12.1. The minimum atomic E-state index is -0.207. The molecule has 5 rings (SSSR count). The number of aromatic nitrogens is 1. The topological polar surface area (TPSA) is 71.8 Å². The first kappa shape index (κ1) is 28.9. The molecule has 0 bridgehead atoms. The summed E-state index contributed by atoms with van der Waals surface area (Å²) in [5, 5.41) is 0. The maximum Gasteiger partial charge on any atom is 0.271 e. The summed E-state index contributed by atoms with van der Waals surface area (Å²) in [6, 6.07) is 22.5. The zero-order valence-electron chi connectivity index (χ0n) is 24.9. The van der Waals surface area contributed by atoms with Crippen LogP contribution in [0.2, 0.25) is 0 Å². The zero-order chi connectivity index (χ0) is 30.0. The third-order valence-electron chi connectivity index (χ3n) is 8.00. The number of hydrogen-bond acceptors (Lipinski definition) is 4. The molecule has 1 unspecified atom stereocenters. The molecule has 7 heteroatoms. The molecule has 1 aromatic heterocycles. The van der Waals surface area contributed by atoms with Crippen LogP contribution in [0.15, 0.2) is 79.0 Å². The van der Waals surface area contributed by atoms with Gasteiger partial charge in [-0.3, -0.25) is 14.4 Å². The Labute approximate surface area is 247 Å². The monoisotopic (exact) mass is 563 g/mol. The molecule has 0 spiro atoms. The van der Waals surface area contributed by atoms with Gasteiger partial charge < -0.3 is 19.1 Å². The summed E-state index contributed by atoms with van der Waals surface area (Å²) in [4.78, 5) is 45.0. The third kappa shape index (κ3) is 5.86. The third-order valence-corrected chi connectivity index (χ3v) is 8.00. The first-order valence-electron chi connectivity index (χ1n) is 14.3. The van der Waals surface area contributed by atoms with Crippen LogP contribution in [-0.4, -0.2) is 64.8 Å². The lowest BCUT2D eigenvalue weighted by Gasteiger charge is -2.40. The molecule has 4 aromatic rings. The predicted molar refractivity (Wildman–Crippen MR) is 163 cm³/mol. The van der Waals surface area contributed by atoms with Gasteiger partial charge in [-0.1, -0.05) is 59.7 Å². The number of hydrogen-bond donors (Lipinski definition) is 0. The fourth-order valence-electron chi connectivity index (χ4n) is 5.57. The second-order valence-electron chi connectivity index (χ2n) is 11.2. The van der Waals surface area contributed by atoms with Gasteiger partial charge in [-0.15, -0.1) is 0 Å². The molecule has 1 atom stereocenters. The molecule has 1 aliphatic rings. The number of carbonyl (C=O) groups is 3. The van der Waals surface area contributed by atoms with Crippen molar-refractivity contribution in [2.75, 3.05) is 26.7 Å². The second-order valence-corrected chi connectivity index (χ2v) is 11.2.